The lowest BCUT2D eigenvalue weighted by atomic mass is 10.5. The summed E-state index contributed by atoms with van der Waals surface area (Å²) in [6.07, 6.45) is -2.82. The number of ether oxygens (including phenoxy) is 2. The lowest BCUT2D eigenvalue weighted by Crippen LogP contribution is -2.20. The standard InChI is InChI=1S/C11H16F3N3O2/c1-8(2)19-9-3-4-15-10(17-9)16-5-6-18-7-11(12,13)14/h3-4,8H,5-7H2,1-2H3,(H,15,16,17). The van der Waals surface area contributed by atoms with Crippen LogP contribution in [0, 0.1) is 0 Å². The predicted octanol–water partition coefficient (Wildman–Crippen LogP) is 2.25. The molecule has 0 saturated carbocycles. The average molecular weight is 279 g/mol. The second-order valence-corrected chi connectivity index (χ2v) is 3.98. The summed E-state index contributed by atoms with van der Waals surface area (Å²) >= 11 is 0. The summed E-state index contributed by atoms with van der Waals surface area (Å²) in [6.45, 7) is 2.56. The monoisotopic (exact) mass is 279 g/mol. The molecule has 1 aromatic heterocycles. The smallest absolute Gasteiger partial charge is 0.411 e. The molecule has 0 aromatic carbocycles. The minimum Gasteiger partial charge on any atom is -0.475 e. The number of anilines is 1. The van der Waals surface area contributed by atoms with Gasteiger partial charge in [0.15, 0.2) is 0 Å². The van der Waals surface area contributed by atoms with Crippen molar-refractivity contribution in [3.63, 3.8) is 0 Å². The number of aromatic nitrogens is 2. The highest BCUT2D eigenvalue weighted by molar-refractivity contribution is 5.27. The van der Waals surface area contributed by atoms with E-state index < -0.39 is 12.8 Å². The van der Waals surface area contributed by atoms with Gasteiger partial charge in [0.05, 0.1) is 12.7 Å². The van der Waals surface area contributed by atoms with Crippen molar-refractivity contribution in [1.29, 1.82) is 0 Å². The maximum absolute atomic E-state index is 11.8. The largest absolute Gasteiger partial charge is 0.475 e. The van der Waals surface area contributed by atoms with Gasteiger partial charge in [0.1, 0.15) is 6.61 Å². The summed E-state index contributed by atoms with van der Waals surface area (Å²) in [4.78, 5) is 7.95. The summed E-state index contributed by atoms with van der Waals surface area (Å²) in [5.41, 5.74) is 0. The van der Waals surface area contributed by atoms with Gasteiger partial charge in [-0.25, -0.2) is 4.98 Å². The molecule has 0 aliphatic carbocycles. The normalized spacial score (nSPS) is 11.7. The van der Waals surface area contributed by atoms with E-state index in [4.69, 9.17) is 4.74 Å². The molecule has 0 fully saturated rings. The molecule has 0 unspecified atom stereocenters. The Morgan fingerprint density at radius 1 is 1.37 bits per heavy atom. The Kier molecular flexibility index (Phi) is 5.81. The van der Waals surface area contributed by atoms with Crippen molar-refractivity contribution in [3.8, 4) is 5.88 Å². The van der Waals surface area contributed by atoms with Crippen LogP contribution in [0.5, 0.6) is 5.88 Å². The first-order valence-electron chi connectivity index (χ1n) is 5.75. The summed E-state index contributed by atoms with van der Waals surface area (Å²) < 4.78 is 45.2. The number of nitrogens with one attached hydrogen (secondary N) is 1. The van der Waals surface area contributed by atoms with Crippen molar-refractivity contribution < 1.29 is 22.6 Å². The third-order valence-corrected chi connectivity index (χ3v) is 1.78. The first-order chi connectivity index (χ1) is 8.87. The van der Waals surface area contributed by atoms with Gasteiger partial charge in [-0.3, -0.25) is 0 Å². The predicted molar refractivity (Wildman–Crippen MR) is 63.2 cm³/mol. The molecule has 0 aliphatic rings. The number of hydrogen-bond acceptors (Lipinski definition) is 5. The zero-order valence-corrected chi connectivity index (χ0v) is 10.7. The number of halogens is 3. The van der Waals surface area contributed by atoms with Gasteiger partial charge in [0.2, 0.25) is 11.8 Å². The molecular formula is C11H16F3N3O2. The van der Waals surface area contributed by atoms with Crippen LogP contribution in [0.3, 0.4) is 0 Å². The molecule has 0 spiro atoms. The Morgan fingerprint density at radius 3 is 2.74 bits per heavy atom. The van der Waals surface area contributed by atoms with Crippen LogP contribution in [0.1, 0.15) is 13.8 Å². The molecule has 1 N–H and O–H groups in total. The second kappa shape index (κ2) is 7.13. The van der Waals surface area contributed by atoms with Gasteiger partial charge in [-0.15, -0.1) is 0 Å². The minimum atomic E-state index is -4.30. The first-order valence-corrected chi connectivity index (χ1v) is 5.75. The van der Waals surface area contributed by atoms with E-state index in [2.05, 4.69) is 20.0 Å². The van der Waals surface area contributed by atoms with E-state index in [9.17, 15) is 13.2 Å². The molecule has 108 valence electrons. The number of rotatable bonds is 7. The lowest BCUT2D eigenvalue weighted by Gasteiger charge is -2.10. The Labute approximate surface area is 109 Å². The number of alkyl halides is 3. The van der Waals surface area contributed by atoms with Crippen LogP contribution in [-0.2, 0) is 4.74 Å². The molecular weight excluding hydrogens is 263 g/mol. The van der Waals surface area contributed by atoms with Crippen LogP contribution in [-0.4, -0.2) is 42.0 Å². The van der Waals surface area contributed by atoms with E-state index in [0.717, 1.165) is 0 Å². The Bertz CT molecular complexity index is 386. The van der Waals surface area contributed by atoms with Crippen molar-refractivity contribution in [1.82, 2.24) is 9.97 Å². The van der Waals surface area contributed by atoms with Crippen LogP contribution in [0.2, 0.25) is 0 Å². The summed E-state index contributed by atoms with van der Waals surface area (Å²) in [7, 11) is 0. The quantitative estimate of drug-likeness (QED) is 0.776. The molecule has 0 radical (unpaired) electrons. The summed E-state index contributed by atoms with van der Waals surface area (Å²) in [6, 6.07) is 1.60. The zero-order chi connectivity index (χ0) is 14.3. The van der Waals surface area contributed by atoms with Crippen LogP contribution < -0.4 is 10.1 Å². The average Bonchev–Trinajstić information content (AvgIpc) is 2.26. The van der Waals surface area contributed by atoms with E-state index in [1.807, 2.05) is 13.8 Å². The third kappa shape index (κ3) is 7.45. The van der Waals surface area contributed by atoms with Crippen LogP contribution in [0.15, 0.2) is 12.3 Å². The maximum Gasteiger partial charge on any atom is 0.411 e. The molecule has 5 nitrogen and oxygen atoms in total. The summed E-state index contributed by atoms with van der Waals surface area (Å²) in [5.74, 6) is 0.692. The fraction of sp³-hybridized carbons (Fsp3) is 0.636. The number of nitrogens with zero attached hydrogens (tertiary/aromatic N) is 2. The first kappa shape index (κ1) is 15.5. The highest BCUT2D eigenvalue weighted by Gasteiger charge is 2.27. The molecule has 0 amide bonds. The third-order valence-electron chi connectivity index (χ3n) is 1.78. The van der Waals surface area contributed by atoms with Crippen LogP contribution >= 0.6 is 0 Å². The molecule has 0 bridgehead atoms. The Balaban J connectivity index is 2.29. The van der Waals surface area contributed by atoms with Crippen LogP contribution in [0.25, 0.3) is 0 Å². The number of hydrogen-bond donors (Lipinski definition) is 1. The highest BCUT2D eigenvalue weighted by Crippen LogP contribution is 2.14. The molecule has 0 atom stereocenters. The molecule has 0 aliphatic heterocycles. The van der Waals surface area contributed by atoms with Gasteiger partial charge in [-0.1, -0.05) is 0 Å². The van der Waals surface area contributed by atoms with Crippen molar-refractivity contribution in [2.24, 2.45) is 0 Å². The van der Waals surface area contributed by atoms with E-state index in [-0.39, 0.29) is 25.2 Å². The molecule has 8 heteroatoms. The van der Waals surface area contributed by atoms with Gasteiger partial charge >= 0.3 is 6.18 Å². The van der Waals surface area contributed by atoms with Crippen molar-refractivity contribution in [2.75, 3.05) is 25.1 Å². The van der Waals surface area contributed by atoms with E-state index in [1.54, 1.807) is 6.07 Å². The minimum absolute atomic E-state index is 0.0159. The molecule has 1 rings (SSSR count). The maximum atomic E-state index is 11.8. The van der Waals surface area contributed by atoms with Gasteiger partial charge in [0, 0.05) is 18.8 Å². The lowest BCUT2D eigenvalue weighted by molar-refractivity contribution is -0.172. The topological polar surface area (TPSA) is 56.3 Å². The molecule has 1 aromatic rings. The fourth-order valence-corrected chi connectivity index (χ4v) is 1.16. The summed E-state index contributed by atoms with van der Waals surface area (Å²) in [5, 5.41) is 2.75. The van der Waals surface area contributed by atoms with E-state index >= 15 is 0 Å². The second-order valence-electron chi connectivity index (χ2n) is 3.98. The molecule has 1 heterocycles. The Hall–Kier alpha value is -1.57. The fourth-order valence-electron chi connectivity index (χ4n) is 1.16. The Morgan fingerprint density at radius 2 is 2.11 bits per heavy atom. The molecule has 19 heavy (non-hydrogen) atoms. The molecule has 0 saturated heterocycles. The highest BCUT2D eigenvalue weighted by atomic mass is 19.4. The van der Waals surface area contributed by atoms with Gasteiger partial charge in [-0.05, 0) is 13.8 Å². The van der Waals surface area contributed by atoms with Crippen molar-refractivity contribution in [2.45, 2.75) is 26.1 Å². The zero-order valence-electron chi connectivity index (χ0n) is 10.7. The van der Waals surface area contributed by atoms with Gasteiger partial charge in [0.25, 0.3) is 0 Å². The van der Waals surface area contributed by atoms with Crippen molar-refractivity contribution >= 4 is 5.95 Å². The SMILES string of the molecule is CC(C)Oc1ccnc(NCCOCC(F)(F)F)n1. The van der Waals surface area contributed by atoms with E-state index in [1.165, 1.54) is 6.20 Å². The van der Waals surface area contributed by atoms with Crippen molar-refractivity contribution in [3.05, 3.63) is 12.3 Å². The van der Waals surface area contributed by atoms with E-state index in [0.29, 0.717) is 5.88 Å². The van der Waals surface area contributed by atoms with Gasteiger partial charge in [-0.2, -0.15) is 18.2 Å². The van der Waals surface area contributed by atoms with Gasteiger partial charge < -0.3 is 14.8 Å². The van der Waals surface area contributed by atoms with Crippen LogP contribution in [0.4, 0.5) is 19.1 Å².